The van der Waals surface area contributed by atoms with Crippen molar-refractivity contribution in [2.24, 2.45) is 0 Å². The molecule has 0 saturated carbocycles. The third-order valence-electron chi connectivity index (χ3n) is 4.95. The summed E-state index contributed by atoms with van der Waals surface area (Å²) in [6, 6.07) is 11.3. The molecule has 0 aromatic heterocycles. The first kappa shape index (κ1) is 20.5. The number of piperidine rings is 1. The molecule has 1 amide bonds. The van der Waals surface area contributed by atoms with E-state index in [1.807, 2.05) is 0 Å². The number of likely N-dealkylation sites (tertiary alicyclic amines) is 1. The van der Waals surface area contributed by atoms with Gasteiger partial charge in [0.05, 0.1) is 29.9 Å². The number of hydrogen-bond acceptors (Lipinski definition) is 5. The van der Waals surface area contributed by atoms with Crippen molar-refractivity contribution in [3.63, 3.8) is 0 Å². The van der Waals surface area contributed by atoms with Gasteiger partial charge in [0.2, 0.25) is 0 Å². The van der Waals surface area contributed by atoms with Gasteiger partial charge in [-0.25, -0.2) is 8.42 Å². The zero-order valence-corrected chi connectivity index (χ0v) is 17.3. The van der Waals surface area contributed by atoms with Crippen molar-refractivity contribution < 1.29 is 22.7 Å². The van der Waals surface area contributed by atoms with E-state index in [1.54, 1.807) is 47.4 Å². The number of sulfone groups is 1. The van der Waals surface area contributed by atoms with Crippen LogP contribution in [0.15, 0.2) is 47.4 Å². The van der Waals surface area contributed by atoms with Crippen molar-refractivity contribution in [2.75, 3.05) is 27.3 Å². The molecule has 0 atom stereocenters. The Balaban J connectivity index is 1.71. The van der Waals surface area contributed by atoms with Crippen LogP contribution in [0.4, 0.5) is 0 Å². The van der Waals surface area contributed by atoms with E-state index in [0.717, 1.165) is 0 Å². The molecule has 0 unspecified atom stereocenters. The van der Waals surface area contributed by atoms with Crippen LogP contribution in [0.2, 0.25) is 5.02 Å². The molecule has 1 aliphatic heterocycles. The van der Waals surface area contributed by atoms with Gasteiger partial charge in [0.25, 0.3) is 5.91 Å². The number of benzene rings is 2. The fraction of sp³-hybridized carbons (Fsp3) is 0.350. The van der Waals surface area contributed by atoms with Gasteiger partial charge in [-0.05, 0) is 55.3 Å². The molecular formula is C20H22ClNO5S. The van der Waals surface area contributed by atoms with Gasteiger partial charge in [-0.2, -0.15) is 0 Å². The molecule has 1 aliphatic rings. The van der Waals surface area contributed by atoms with Crippen LogP contribution in [0.5, 0.6) is 11.5 Å². The van der Waals surface area contributed by atoms with Crippen LogP contribution in [0, 0.1) is 0 Å². The van der Waals surface area contributed by atoms with E-state index in [-0.39, 0.29) is 10.8 Å². The zero-order chi connectivity index (χ0) is 20.3. The van der Waals surface area contributed by atoms with E-state index in [4.69, 9.17) is 21.1 Å². The molecular weight excluding hydrogens is 402 g/mol. The lowest BCUT2D eigenvalue weighted by atomic mass is 10.1. The van der Waals surface area contributed by atoms with Gasteiger partial charge in [0, 0.05) is 18.1 Å². The third-order valence-corrected chi connectivity index (χ3v) is 7.46. The van der Waals surface area contributed by atoms with Crippen molar-refractivity contribution in [1.29, 1.82) is 0 Å². The van der Waals surface area contributed by atoms with E-state index in [2.05, 4.69) is 0 Å². The SMILES string of the molecule is COc1ccc(S(=O)(=O)C2CCN(C(=O)c3cc(Cl)ccc3OC)CC2)cc1. The van der Waals surface area contributed by atoms with Gasteiger partial charge in [-0.3, -0.25) is 4.79 Å². The van der Waals surface area contributed by atoms with E-state index in [1.165, 1.54) is 14.2 Å². The van der Waals surface area contributed by atoms with Gasteiger partial charge in [0.1, 0.15) is 11.5 Å². The summed E-state index contributed by atoms with van der Waals surface area (Å²) in [6.07, 6.45) is 0.756. The van der Waals surface area contributed by atoms with Gasteiger partial charge >= 0.3 is 0 Å². The molecule has 150 valence electrons. The minimum absolute atomic E-state index is 0.209. The highest BCUT2D eigenvalue weighted by Crippen LogP contribution is 2.29. The number of ether oxygens (including phenoxy) is 2. The Kier molecular flexibility index (Phi) is 6.15. The van der Waals surface area contributed by atoms with Crippen LogP contribution in [-0.2, 0) is 9.84 Å². The van der Waals surface area contributed by atoms with E-state index in [0.29, 0.717) is 48.0 Å². The zero-order valence-electron chi connectivity index (χ0n) is 15.7. The first-order valence-electron chi connectivity index (χ1n) is 8.87. The summed E-state index contributed by atoms with van der Waals surface area (Å²) in [5.41, 5.74) is 0.381. The van der Waals surface area contributed by atoms with Crippen molar-refractivity contribution in [3.05, 3.63) is 53.1 Å². The Morgan fingerprint density at radius 3 is 2.25 bits per heavy atom. The molecule has 1 heterocycles. The third kappa shape index (κ3) is 4.10. The Hall–Kier alpha value is -2.25. The van der Waals surface area contributed by atoms with Crippen LogP contribution < -0.4 is 9.47 Å². The van der Waals surface area contributed by atoms with Gasteiger partial charge < -0.3 is 14.4 Å². The number of halogens is 1. The maximum atomic E-state index is 12.9. The lowest BCUT2D eigenvalue weighted by Crippen LogP contribution is -2.42. The largest absolute Gasteiger partial charge is 0.497 e. The quantitative estimate of drug-likeness (QED) is 0.736. The molecule has 6 nitrogen and oxygen atoms in total. The van der Waals surface area contributed by atoms with Crippen LogP contribution in [0.3, 0.4) is 0 Å². The van der Waals surface area contributed by atoms with Crippen molar-refractivity contribution in [1.82, 2.24) is 4.90 Å². The average molecular weight is 424 g/mol. The molecule has 0 bridgehead atoms. The molecule has 0 spiro atoms. The number of rotatable bonds is 5. The van der Waals surface area contributed by atoms with Crippen molar-refractivity contribution >= 4 is 27.3 Å². The number of methoxy groups -OCH3 is 2. The molecule has 0 aliphatic carbocycles. The maximum absolute atomic E-state index is 12.9. The number of amides is 1. The Morgan fingerprint density at radius 2 is 1.68 bits per heavy atom. The number of hydrogen-bond donors (Lipinski definition) is 0. The second-order valence-corrected chi connectivity index (χ2v) is 9.22. The van der Waals surface area contributed by atoms with Crippen molar-refractivity contribution in [3.8, 4) is 11.5 Å². The highest BCUT2D eigenvalue weighted by molar-refractivity contribution is 7.92. The lowest BCUT2D eigenvalue weighted by molar-refractivity contribution is 0.0722. The summed E-state index contributed by atoms with van der Waals surface area (Å²) in [7, 11) is -0.433. The van der Waals surface area contributed by atoms with Gasteiger partial charge in [0.15, 0.2) is 9.84 Å². The number of carbonyl (C=O) groups is 1. The molecule has 0 N–H and O–H groups in total. The molecule has 28 heavy (non-hydrogen) atoms. The average Bonchev–Trinajstić information content (AvgIpc) is 2.73. The molecule has 1 saturated heterocycles. The molecule has 0 radical (unpaired) electrons. The van der Waals surface area contributed by atoms with E-state index in [9.17, 15) is 13.2 Å². The van der Waals surface area contributed by atoms with Crippen LogP contribution in [0.25, 0.3) is 0 Å². The van der Waals surface area contributed by atoms with Gasteiger partial charge in [-0.1, -0.05) is 11.6 Å². The Bertz CT molecular complexity index is 951. The fourth-order valence-electron chi connectivity index (χ4n) is 3.34. The first-order valence-corrected chi connectivity index (χ1v) is 10.8. The maximum Gasteiger partial charge on any atom is 0.257 e. The second kappa shape index (κ2) is 8.41. The van der Waals surface area contributed by atoms with Crippen LogP contribution in [-0.4, -0.2) is 51.8 Å². The van der Waals surface area contributed by atoms with Crippen LogP contribution >= 0.6 is 11.6 Å². The molecule has 2 aromatic carbocycles. The predicted octanol–water partition coefficient (Wildman–Crippen LogP) is 3.44. The molecule has 3 rings (SSSR count). The lowest BCUT2D eigenvalue weighted by Gasteiger charge is -2.32. The highest BCUT2D eigenvalue weighted by atomic mass is 35.5. The topological polar surface area (TPSA) is 72.9 Å². The molecule has 2 aromatic rings. The second-order valence-electron chi connectivity index (χ2n) is 6.56. The minimum atomic E-state index is -3.46. The van der Waals surface area contributed by atoms with E-state index < -0.39 is 15.1 Å². The number of carbonyl (C=O) groups excluding carboxylic acids is 1. The Morgan fingerprint density at radius 1 is 1.04 bits per heavy atom. The summed E-state index contributed by atoms with van der Waals surface area (Å²) < 4.78 is 36.1. The normalized spacial score (nSPS) is 15.3. The predicted molar refractivity (Wildman–Crippen MR) is 107 cm³/mol. The number of nitrogens with zero attached hydrogens (tertiary/aromatic N) is 1. The molecule has 8 heteroatoms. The summed E-state index contributed by atoms with van der Waals surface area (Å²) in [6.45, 7) is 0.711. The summed E-state index contributed by atoms with van der Waals surface area (Å²) in [5, 5.41) is -0.0766. The summed E-state index contributed by atoms with van der Waals surface area (Å²) in [5.74, 6) is 0.844. The Labute approximate surface area is 169 Å². The van der Waals surface area contributed by atoms with Crippen LogP contribution in [0.1, 0.15) is 23.2 Å². The fourth-order valence-corrected chi connectivity index (χ4v) is 5.25. The standard InChI is InChI=1S/C20H22ClNO5S/c1-26-15-4-6-16(7-5-15)28(24,25)17-9-11-22(12-10-17)20(23)18-13-14(21)3-8-19(18)27-2/h3-8,13,17H,9-12H2,1-2H3. The minimum Gasteiger partial charge on any atom is -0.497 e. The monoisotopic (exact) mass is 423 g/mol. The summed E-state index contributed by atoms with van der Waals surface area (Å²) in [4.78, 5) is 14.8. The molecule has 1 fully saturated rings. The smallest absolute Gasteiger partial charge is 0.257 e. The van der Waals surface area contributed by atoms with Gasteiger partial charge in [-0.15, -0.1) is 0 Å². The highest BCUT2D eigenvalue weighted by Gasteiger charge is 2.33. The summed E-state index contributed by atoms with van der Waals surface area (Å²) >= 11 is 6.01. The first-order chi connectivity index (χ1) is 13.4. The van der Waals surface area contributed by atoms with E-state index >= 15 is 0 Å². The van der Waals surface area contributed by atoms with Crippen molar-refractivity contribution in [2.45, 2.75) is 23.0 Å².